The molecule has 8 heteroatoms. The van der Waals surface area contributed by atoms with Crippen LogP contribution in [0.5, 0.6) is 0 Å². The van der Waals surface area contributed by atoms with Gasteiger partial charge < -0.3 is 14.2 Å². The summed E-state index contributed by atoms with van der Waals surface area (Å²) in [5.41, 5.74) is -0.816. The number of imide groups is 1. The molecule has 0 aliphatic rings. The van der Waals surface area contributed by atoms with Crippen LogP contribution >= 0.6 is 0 Å². The minimum atomic E-state index is -1.21. The Morgan fingerprint density at radius 1 is 0.727 bits per heavy atom. The predicted molar refractivity (Wildman–Crippen MR) is 120 cm³/mol. The minimum Gasteiger partial charge on any atom is -0.444 e. The van der Waals surface area contributed by atoms with Gasteiger partial charge in [-0.05, 0) is 31.4 Å². The predicted octanol–water partition coefficient (Wildman–Crippen LogP) is 4.76. The molecule has 2 rings (SSSR count). The highest BCUT2D eigenvalue weighted by Gasteiger charge is 2.41. The zero-order chi connectivity index (χ0) is 24.5. The van der Waals surface area contributed by atoms with Crippen molar-refractivity contribution in [1.29, 1.82) is 0 Å². The van der Waals surface area contributed by atoms with Crippen molar-refractivity contribution >= 4 is 24.1 Å². The van der Waals surface area contributed by atoms with Crippen LogP contribution in [0.2, 0.25) is 0 Å². The highest BCUT2D eigenvalue weighted by molar-refractivity contribution is 5.95. The second-order valence-electron chi connectivity index (χ2n) is 8.87. The number of amides is 2. The van der Waals surface area contributed by atoms with Crippen molar-refractivity contribution in [2.24, 2.45) is 10.8 Å². The molecule has 0 bridgehead atoms. The molecule has 2 amide bonds. The normalized spacial score (nSPS) is 11.3. The van der Waals surface area contributed by atoms with Crippen LogP contribution in [0.3, 0.4) is 0 Å². The summed E-state index contributed by atoms with van der Waals surface area (Å²) < 4.78 is 14.8. The van der Waals surface area contributed by atoms with Crippen molar-refractivity contribution in [2.75, 3.05) is 0 Å². The van der Waals surface area contributed by atoms with Gasteiger partial charge in [-0.25, -0.2) is 9.59 Å². The molecule has 0 aromatic heterocycles. The summed E-state index contributed by atoms with van der Waals surface area (Å²) in [4.78, 5) is 49.0. The van der Waals surface area contributed by atoms with E-state index in [2.05, 4.69) is 5.32 Å². The van der Waals surface area contributed by atoms with E-state index in [9.17, 15) is 19.2 Å². The van der Waals surface area contributed by atoms with Crippen LogP contribution in [0, 0.1) is 10.8 Å². The smallest absolute Gasteiger partial charge is 0.444 e. The zero-order valence-electron chi connectivity index (χ0n) is 19.3. The maximum Gasteiger partial charge on any atom is 0.516 e. The Kier molecular flexibility index (Phi) is 8.73. The number of alkyl carbamates (subject to hydrolysis) is 1. The average molecular weight is 456 g/mol. The lowest BCUT2D eigenvalue weighted by Gasteiger charge is -2.31. The Morgan fingerprint density at radius 2 is 1.21 bits per heavy atom. The third-order valence-electron chi connectivity index (χ3n) is 4.86. The lowest BCUT2D eigenvalue weighted by Crippen LogP contribution is -2.44. The molecular formula is C25H29NO7. The molecule has 33 heavy (non-hydrogen) atoms. The van der Waals surface area contributed by atoms with Crippen LogP contribution < -0.4 is 5.32 Å². The monoisotopic (exact) mass is 455 g/mol. The summed E-state index contributed by atoms with van der Waals surface area (Å²) in [6, 6.07) is 18.0. The third-order valence-corrected chi connectivity index (χ3v) is 4.86. The first-order chi connectivity index (χ1) is 15.5. The lowest BCUT2D eigenvalue weighted by atomic mass is 9.74. The van der Waals surface area contributed by atoms with E-state index >= 15 is 0 Å². The fourth-order valence-electron chi connectivity index (χ4n) is 3.24. The van der Waals surface area contributed by atoms with Gasteiger partial charge in [0.15, 0.2) is 0 Å². The Labute approximate surface area is 193 Å². The maximum atomic E-state index is 12.6. The summed E-state index contributed by atoms with van der Waals surface area (Å²) in [5, 5.41) is 2.19. The van der Waals surface area contributed by atoms with Gasteiger partial charge in [0.1, 0.15) is 13.2 Å². The Morgan fingerprint density at radius 3 is 1.73 bits per heavy atom. The topological polar surface area (TPSA) is 108 Å². The number of rotatable bonds is 8. The van der Waals surface area contributed by atoms with Crippen LogP contribution in [-0.2, 0) is 37.0 Å². The molecule has 8 nitrogen and oxygen atoms in total. The van der Waals surface area contributed by atoms with Crippen molar-refractivity contribution in [2.45, 2.75) is 47.3 Å². The minimum absolute atomic E-state index is 0.00258. The van der Waals surface area contributed by atoms with Crippen LogP contribution in [-0.4, -0.2) is 24.1 Å². The fourth-order valence-corrected chi connectivity index (χ4v) is 3.24. The van der Waals surface area contributed by atoms with Gasteiger partial charge in [0, 0.05) is 5.41 Å². The van der Waals surface area contributed by atoms with Crippen molar-refractivity contribution < 1.29 is 33.4 Å². The molecule has 2 aromatic carbocycles. The van der Waals surface area contributed by atoms with Gasteiger partial charge in [0.2, 0.25) is 5.91 Å². The summed E-state index contributed by atoms with van der Waals surface area (Å²) in [6.45, 7) is 6.23. The molecule has 0 heterocycles. The Balaban J connectivity index is 1.84. The number of esters is 1. The molecule has 1 N–H and O–H groups in total. The first kappa shape index (κ1) is 25.6. The zero-order valence-corrected chi connectivity index (χ0v) is 19.3. The largest absolute Gasteiger partial charge is 0.516 e. The molecule has 0 fully saturated rings. The summed E-state index contributed by atoms with van der Waals surface area (Å²) in [6.07, 6.45) is -2.01. The summed E-state index contributed by atoms with van der Waals surface area (Å²) >= 11 is 0. The molecular weight excluding hydrogens is 426 g/mol. The molecule has 2 aromatic rings. The van der Waals surface area contributed by atoms with Gasteiger partial charge in [-0.15, -0.1) is 0 Å². The number of benzene rings is 2. The van der Waals surface area contributed by atoms with Gasteiger partial charge in [-0.1, -0.05) is 74.5 Å². The van der Waals surface area contributed by atoms with Crippen molar-refractivity contribution in [3.05, 3.63) is 71.8 Å². The first-order valence-corrected chi connectivity index (χ1v) is 10.4. The van der Waals surface area contributed by atoms with Crippen LogP contribution in [0.25, 0.3) is 0 Å². The number of ether oxygens (including phenoxy) is 3. The fraction of sp³-hybridized carbons (Fsp3) is 0.360. The van der Waals surface area contributed by atoms with Gasteiger partial charge in [0.25, 0.3) is 0 Å². The summed E-state index contributed by atoms with van der Waals surface area (Å²) in [5.74, 6) is -1.46. The van der Waals surface area contributed by atoms with E-state index in [0.717, 1.165) is 11.1 Å². The van der Waals surface area contributed by atoms with Crippen molar-refractivity contribution in [3.63, 3.8) is 0 Å². The van der Waals surface area contributed by atoms with Crippen LogP contribution in [0.4, 0.5) is 9.59 Å². The molecule has 0 saturated carbocycles. The second kappa shape index (κ2) is 11.3. The number of nitrogens with one attached hydrogen (secondary N) is 1. The highest BCUT2D eigenvalue weighted by atomic mass is 16.7. The molecule has 0 radical (unpaired) electrons. The average Bonchev–Trinajstić information content (AvgIpc) is 2.77. The van der Waals surface area contributed by atoms with E-state index in [-0.39, 0.29) is 19.6 Å². The molecule has 176 valence electrons. The quantitative estimate of drug-likeness (QED) is 0.451. The SMILES string of the molecule is CC(C)(CC(C)(C)C(=O)OC(=O)OCc1ccccc1)C(=O)NC(=O)OCc1ccccc1. The van der Waals surface area contributed by atoms with Gasteiger partial charge in [0.05, 0.1) is 5.41 Å². The van der Waals surface area contributed by atoms with Crippen molar-refractivity contribution in [3.8, 4) is 0 Å². The maximum absolute atomic E-state index is 12.6. The number of carbonyl (C=O) groups is 4. The van der Waals surface area contributed by atoms with E-state index in [1.54, 1.807) is 64.1 Å². The number of carbonyl (C=O) groups excluding carboxylic acids is 4. The Bertz CT molecular complexity index is 889. The number of hydrogen-bond donors (Lipinski definition) is 1. The van der Waals surface area contributed by atoms with E-state index in [0.29, 0.717) is 0 Å². The third kappa shape index (κ3) is 8.40. The molecule has 0 aliphatic carbocycles. The van der Waals surface area contributed by atoms with Crippen LogP contribution in [0.15, 0.2) is 60.7 Å². The van der Waals surface area contributed by atoms with E-state index in [1.807, 2.05) is 24.3 Å². The van der Waals surface area contributed by atoms with Gasteiger partial charge >= 0.3 is 18.2 Å². The van der Waals surface area contributed by atoms with E-state index in [1.165, 1.54) is 0 Å². The standard InChI is InChI=1S/C25H29NO7/c1-24(2,20(27)26-22(29)31-15-18-11-7-5-8-12-18)17-25(3,4)21(28)33-23(30)32-16-19-13-9-6-10-14-19/h5-14H,15-17H2,1-4H3,(H,26,27,29). The second-order valence-corrected chi connectivity index (χ2v) is 8.87. The molecule has 0 aliphatic heterocycles. The Hall–Kier alpha value is -3.68. The van der Waals surface area contributed by atoms with E-state index < -0.39 is 35.0 Å². The molecule has 0 saturated heterocycles. The lowest BCUT2D eigenvalue weighted by molar-refractivity contribution is -0.152. The van der Waals surface area contributed by atoms with Crippen molar-refractivity contribution in [1.82, 2.24) is 5.32 Å². The van der Waals surface area contributed by atoms with Crippen LogP contribution in [0.1, 0.15) is 45.2 Å². The first-order valence-electron chi connectivity index (χ1n) is 10.4. The van der Waals surface area contributed by atoms with E-state index in [4.69, 9.17) is 14.2 Å². The number of hydrogen-bond acceptors (Lipinski definition) is 7. The molecule has 0 unspecified atom stereocenters. The molecule has 0 spiro atoms. The van der Waals surface area contributed by atoms with Gasteiger partial charge in [-0.3, -0.25) is 14.9 Å². The van der Waals surface area contributed by atoms with Gasteiger partial charge in [-0.2, -0.15) is 0 Å². The highest BCUT2D eigenvalue weighted by Crippen LogP contribution is 2.35. The molecule has 0 atom stereocenters. The summed E-state index contributed by atoms with van der Waals surface area (Å²) in [7, 11) is 0.